The Hall–Kier alpha value is -3.36. The molecule has 0 aromatic heterocycles. The van der Waals surface area contributed by atoms with E-state index in [1.807, 2.05) is 0 Å². The Kier molecular flexibility index (Phi) is 5.20. The molecule has 1 aliphatic heterocycles. The third-order valence-electron chi connectivity index (χ3n) is 5.79. The van der Waals surface area contributed by atoms with Crippen LogP contribution in [0, 0.1) is 5.92 Å². The van der Waals surface area contributed by atoms with Gasteiger partial charge in [-0.15, -0.1) is 0 Å². The molecule has 2 aliphatic rings. The second-order valence-electron chi connectivity index (χ2n) is 7.72. The van der Waals surface area contributed by atoms with E-state index in [0.717, 1.165) is 4.90 Å². The summed E-state index contributed by atoms with van der Waals surface area (Å²) in [6.45, 7) is -1.25. The molecule has 1 aliphatic carbocycles. The fourth-order valence-corrected chi connectivity index (χ4v) is 4.22. The summed E-state index contributed by atoms with van der Waals surface area (Å²) in [7, 11) is 0. The average molecular weight is 432 g/mol. The van der Waals surface area contributed by atoms with E-state index in [9.17, 15) is 32.7 Å². The quantitative estimate of drug-likeness (QED) is 0.761. The number of aliphatic carboxylic acids is 1. The van der Waals surface area contributed by atoms with Crippen molar-refractivity contribution >= 4 is 17.8 Å². The number of carbonyl (C=O) groups is 3. The third kappa shape index (κ3) is 3.54. The Morgan fingerprint density at radius 1 is 1.10 bits per heavy atom. The maximum Gasteiger partial charge on any atom is 0.326 e. The zero-order chi connectivity index (χ0) is 22.3. The van der Waals surface area contributed by atoms with Crippen molar-refractivity contribution in [2.75, 3.05) is 19.8 Å². The van der Waals surface area contributed by atoms with E-state index in [-0.39, 0.29) is 35.2 Å². The number of nitrogens with zero attached hydrogens (tertiary/aromatic N) is 1. The number of amides is 2. The van der Waals surface area contributed by atoms with E-state index in [4.69, 9.17) is 0 Å². The number of carboxylic acid groups (broad SMARTS) is 1. The van der Waals surface area contributed by atoms with Crippen molar-refractivity contribution in [3.05, 3.63) is 59.2 Å². The van der Waals surface area contributed by atoms with Gasteiger partial charge in [-0.2, -0.15) is 8.78 Å². The highest BCUT2D eigenvalue weighted by molar-refractivity contribution is 5.99. The van der Waals surface area contributed by atoms with Gasteiger partial charge in [-0.25, -0.2) is 4.79 Å². The molecular weight excluding hydrogens is 413 g/mol. The summed E-state index contributed by atoms with van der Waals surface area (Å²) in [4.78, 5) is 37.3. The van der Waals surface area contributed by atoms with E-state index in [2.05, 4.69) is 5.32 Å². The molecule has 1 unspecified atom stereocenters. The number of carbonyl (C=O) groups excluding carboxylic acids is 2. The molecule has 1 fully saturated rings. The predicted molar refractivity (Wildman–Crippen MR) is 104 cm³/mol. The van der Waals surface area contributed by atoms with Gasteiger partial charge in [0.25, 0.3) is 11.8 Å². The molecule has 2 atom stereocenters. The molecule has 6 nitrogen and oxygen atoms in total. The summed E-state index contributed by atoms with van der Waals surface area (Å²) < 4.78 is 42.2. The lowest BCUT2D eigenvalue weighted by Crippen LogP contribution is -2.45. The van der Waals surface area contributed by atoms with Gasteiger partial charge in [0.05, 0.1) is 13.2 Å². The Bertz CT molecular complexity index is 1070. The van der Waals surface area contributed by atoms with Crippen molar-refractivity contribution in [2.45, 2.75) is 18.4 Å². The van der Waals surface area contributed by atoms with Crippen LogP contribution in [0.2, 0.25) is 0 Å². The average Bonchev–Trinajstić information content (AvgIpc) is 3.30. The normalized spacial score (nSPS) is 20.8. The summed E-state index contributed by atoms with van der Waals surface area (Å²) >= 11 is 0. The van der Waals surface area contributed by atoms with Crippen molar-refractivity contribution in [3.8, 4) is 11.1 Å². The zero-order valence-electron chi connectivity index (χ0n) is 16.3. The standard InChI is InChI=1S/C22H19F3N2O4/c23-9-12-7-18(21(30)31)27(11-12)19(28)10-26-20(29)13-5-6-17-15(8-13)14-3-1-2-4-16(14)22(17,24)25/h1-6,8,12,18H,7,9-11H2,(H,26,29)(H,30,31)/t12?,18-/m0/s1. The van der Waals surface area contributed by atoms with E-state index in [1.165, 1.54) is 30.3 Å². The Balaban J connectivity index is 1.49. The second kappa shape index (κ2) is 7.72. The molecule has 0 radical (unpaired) electrons. The maximum absolute atomic E-state index is 14.6. The number of hydrogen-bond donors (Lipinski definition) is 2. The number of rotatable bonds is 5. The monoisotopic (exact) mass is 432 g/mol. The van der Waals surface area contributed by atoms with E-state index >= 15 is 0 Å². The summed E-state index contributed by atoms with van der Waals surface area (Å²) in [5, 5.41) is 11.6. The van der Waals surface area contributed by atoms with Crippen molar-refractivity contribution in [1.82, 2.24) is 10.2 Å². The van der Waals surface area contributed by atoms with Gasteiger partial charge in [0.2, 0.25) is 5.91 Å². The first-order valence-corrected chi connectivity index (χ1v) is 9.72. The van der Waals surface area contributed by atoms with Gasteiger partial charge in [-0.3, -0.25) is 14.0 Å². The number of fused-ring (bicyclic) bond motifs is 3. The molecule has 2 amide bonds. The van der Waals surface area contributed by atoms with Crippen LogP contribution in [0.25, 0.3) is 11.1 Å². The van der Waals surface area contributed by atoms with Crippen LogP contribution in [0.1, 0.15) is 27.9 Å². The van der Waals surface area contributed by atoms with Crippen LogP contribution in [-0.4, -0.2) is 53.6 Å². The van der Waals surface area contributed by atoms with Gasteiger partial charge in [-0.1, -0.05) is 30.3 Å². The van der Waals surface area contributed by atoms with Gasteiger partial charge in [0, 0.05) is 29.2 Å². The fourth-order valence-electron chi connectivity index (χ4n) is 4.22. The number of benzene rings is 2. The predicted octanol–water partition coefficient (Wildman–Crippen LogP) is 2.81. The minimum absolute atomic E-state index is 0.0178. The SMILES string of the molecule is O=C(NCC(=O)N1CC(CF)C[C@H]1C(=O)O)c1ccc2c(c1)-c1ccccc1C2(F)F. The highest BCUT2D eigenvalue weighted by Gasteiger charge is 2.44. The van der Waals surface area contributed by atoms with Crippen LogP contribution in [0.5, 0.6) is 0 Å². The number of nitrogens with one attached hydrogen (secondary N) is 1. The van der Waals surface area contributed by atoms with E-state index in [1.54, 1.807) is 12.1 Å². The van der Waals surface area contributed by atoms with Gasteiger partial charge < -0.3 is 15.3 Å². The fraction of sp³-hybridized carbons (Fsp3) is 0.318. The van der Waals surface area contributed by atoms with Crippen molar-refractivity contribution < 1.29 is 32.7 Å². The van der Waals surface area contributed by atoms with Crippen LogP contribution < -0.4 is 5.32 Å². The number of hydrogen-bond acceptors (Lipinski definition) is 3. The first-order valence-electron chi connectivity index (χ1n) is 9.72. The van der Waals surface area contributed by atoms with Gasteiger partial charge in [0.1, 0.15) is 6.04 Å². The minimum Gasteiger partial charge on any atom is -0.480 e. The Morgan fingerprint density at radius 3 is 2.52 bits per heavy atom. The summed E-state index contributed by atoms with van der Waals surface area (Å²) in [5.41, 5.74) is 0.355. The first-order chi connectivity index (χ1) is 14.7. The summed E-state index contributed by atoms with van der Waals surface area (Å²) in [5.74, 6) is -6.24. The van der Waals surface area contributed by atoms with Crippen LogP contribution in [0.15, 0.2) is 42.5 Å². The second-order valence-corrected chi connectivity index (χ2v) is 7.72. The molecular formula is C22H19F3N2O4. The van der Waals surface area contributed by atoms with Crippen LogP contribution in [0.3, 0.4) is 0 Å². The smallest absolute Gasteiger partial charge is 0.326 e. The number of carboxylic acids is 1. The molecule has 1 heterocycles. The molecule has 31 heavy (non-hydrogen) atoms. The minimum atomic E-state index is -3.16. The molecule has 0 bridgehead atoms. The lowest BCUT2D eigenvalue weighted by molar-refractivity contribution is -0.147. The maximum atomic E-state index is 14.6. The molecule has 2 aromatic rings. The molecule has 0 saturated carbocycles. The zero-order valence-corrected chi connectivity index (χ0v) is 16.3. The number of likely N-dealkylation sites (tertiary alicyclic amines) is 1. The van der Waals surface area contributed by atoms with Crippen LogP contribution in [0.4, 0.5) is 13.2 Å². The Morgan fingerprint density at radius 2 is 1.81 bits per heavy atom. The van der Waals surface area contributed by atoms with Crippen LogP contribution >= 0.6 is 0 Å². The highest BCUT2D eigenvalue weighted by atomic mass is 19.3. The molecule has 1 saturated heterocycles. The van der Waals surface area contributed by atoms with Gasteiger partial charge in [0.15, 0.2) is 0 Å². The van der Waals surface area contributed by atoms with E-state index < -0.39 is 48.9 Å². The van der Waals surface area contributed by atoms with Crippen molar-refractivity contribution in [3.63, 3.8) is 0 Å². The number of halogens is 3. The molecule has 9 heteroatoms. The lowest BCUT2D eigenvalue weighted by Gasteiger charge is -2.21. The largest absolute Gasteiger partial charge is 0.480 e. The summed E-state index contributed by atoms with van der Waals surface area (Å²) in [6.07, 6.45) is 0.0178. The van der Waals surface area contributed by atoms with Crippen LogP contribution in [-0.2, 0) is 15.5 Å². The summed E-state index contributed by atoms with van der Waals surface area (Å²) in [6, 6.07) is 8.72. The molecule has 2 N–H and O–H groups in total. The number of alkyl halides is 3. The van der Waals surface area contributed by atoms with Gasteiger partial charge in [-0.05, 0) is 29.7 Å². The van der Waals surface area contributed by atoms with Gasteiger partial charge >= 0.3 is 5.97 Å². The molecule has 4 rings (SSSR count). The Labute approximate surface area is 175 Å². The first kappa shape index (κ1) is 20.9. The van der Waals surface area contributed by atoms with Crippen molar-refractivity contribution in [2.24, 2.45) is 5.92 Å². The van der Waals surface area contributed by atoms with E-state index in [0.29, 0.717) is 5.56 Å². The topological polar surface area (TPSA) is 86.7 Å². The molecule has 2 aromatic carbocycles. The highest BCUT2D eigenvalue weighted by Crippen LogP contribution is 2.50. The molecule has 162 valence electrons. The van der Waals surface area contributed by atoms with Crippen molar-refractivity contribution in [1.29, 1.82) is 0 Å². The third-order valence-corrected chi connectivity index (χ3v) is 5.79. The molecule has 0 spiro atoms. The lowest BCUT2D eigenvalue weighted by atomic mass is 10.0.